The molecule has 0 radical (unpaired) electrons. The summed E-state index contributed by atoms with van der Waals surface area (Å²) in [5.74, 6) is 1.24. The van der Waals surface area contributed by atoms with Crippen molar-refractivity contribution < 1.29 is 4.74 Å². The number of hydrogen-bond acceptors (Lipinski definition) is 3. The Hall–Kier alpha value is -2.30. The second-order valence-electron chi connectivity index (χ2n) is 6.37. The van der Waals surface area contributed by atoms with Crippen molar-refractivity contribution in [2.24, 2.45) is 10.9 Å². The Morgan fingerprint density at radius 2 is 1.96 bits per heavy atom. The minimum absolute atomic E-state index is 0.0476. The molecule has 2 aromatic rings. The van der Waals surface area contributed by atoms with E-state index < -0.39 is 0 Å². The maximum atomic E-state index is 12.9. The van der Waals surface area contributed by atoms with Crippen molar-refractivity contribution in [3.05, 3.63) is 45.9 Å². The fourth-order valence-electron chi connectivity index (χ4n) is 2.60. The summed E-state index contributed by atoms with van der Waals surface area (Å²) >= 11 is 0. The van der Waals surface area contributed by atoms with Gasteiger partial charge in [0, 0.05) is 18.0 Å². The first-order chi connectivity index (χ1) is 11.5. The van der Waals surface area contributed by atoms with Crippen LogP contribution in [0.4, 0.5) is 0 Å². The molecule has 0 saturated carbocycles. The molecule has 0 aliphatic heterocycles. The Morgan fingerprint density at radius 3 is 2.50 bits per heavy atom. The number of aromatic nitrogens is 2. The van der Waals surface area contributed by atoms with Crippen molar-refractivity contribution >= 4 is 5.71 Å². The predicted octanol–water partition coefficient (Wildman–Crippen LogP) is 3.59. The predicted molar refractivity (Wildman–Crippen MR) is 98.9 cm³/mol. The summed E-state index contributed by atoms with van der Waals surface area (Å²) in [6.45, 7) is 9.00. The number of ether oxygens (including phenoxy) is 1. The monoisotopic (exact) mass is 329 g/mol. The number of aliphatic imine (C=N–C) groups is 1. The Morgan fingerprint density at radius 1 is 1.29 bits per heavy atom. The summed E-state index contributed by atoms with van der Waals surface area (Å²) in [6.07, 6.45) is 1.79. The van der Waals surface area contributed by atoms with Crippen molar-refractivity contribution in [3.63, 3.8) is 0 Å². The van der Waals surface area contributed by atoms with E-state index in [-0.39, 0.29) is 5.56 Å². The maximum Gasteiger partial charge on any atom is 0.280 e. The number of methoxy groups -OCH3 is 1. The number of H-pyrrole nitrogens is 1. The van der Waals surface area contributed by atoms with Gasteiger partial charge in [0.25, 0.3) is 5.56 Å². The summed E-state index contributed by atoms with van der Waals surface area (Å²) in [7, 11) is 1.63. The molecule has 2 rings (SSSR count). The lowest BCUT2D eigenvalue weighted by Gasteiger charge is -2.03. The molecule has 0 spiro atoms. The van der Waals surface area contributed by atoms with Gasteiger partial charge in [-0.1, -0.05) is 27.2 Å². The van der Waals surface area contributed by atoms with Gasteiger partial charge in [-0.15, -0.1) is 0 Å². The lowest BCUT2D eigenvalue weighted by Crippen LogP contribution is -2.20. The number of aryl methyl sites for hydroxylation is 1. The fourth-order valence-corrected chi connectivity index (χ4v) is 2.60. The van der Waals surface area contributed by atoms with Gasteiger partial charge >= 0.3 is 0 Å². The zero-order chi connectivity index (χ0) is 17.7. The van der Waals surface area contributed by atoms with Crippen LogP contribution in [-0.4, -0.2) is 29.1 Å². The lowest BCUT2D eigenvalue weighted by atomic mass is 10.1. The van der Waals surface area contributed by atoms with E-state index in [1.54, 1.807) is 11.8 Å². The smallest absolute Gasteiger partial charge is 0.280 e. The molecule has 1 aromatic carbocycles. The van der Waals surface area contributed by atoms with E-state index in [2.05, 4.69) is 30.9 Å². The molecule has 1 heterocycles. The van der Waals surface area contributed by atoms with Gasteiger partial charge in [-0.3, -0.25) is 14.9 Å². The first-order valence-corrected chi connectivity index (χ1v) is 8.47. The number of benzene rings is 1. The van der Waals surface area contributed by atoms with E-state index in [0.29, 0.717) is 11.5 Å². The van der Waals surface area contributed by atoms with Crippen LogP contribution in [0.15, 0.2) is 34.1 Å². The average Bonchev–Trinajstić information content (AvgIpc) is 2.89. The Kier molecular flexibility index (Phi) is 6.01. The van der Waals surface area contributed by atoms with Crippen LogP contribution < -0.4 is 10.3 Å². The third-order valence-electron chi connectivity index (χ3n) is 3.85. The maximum absolute atomic E-state index is 12.9. The molecule has 24 heavy (non-hydrogen) atoms. The quantitative estimate of drug-likeness (QED) is 0.789. The Balaban J connectivity index is 2.49. The van der Waals surface area contributed by atoms with Gasteiger partial charge in [0.1, 0.15) is 5.75 Å². The Labute approximate surface area is 143 Å². The SMILES string of the molecule is CCCc1[nH]n(-c2ccc(OC)cc2)c(=O)c1C(C)=NCC(C)C. The van der Waals surface area contributed by atoms with Gasteiger partial charge in [-0.2, -0.15) is 0 Å². The van der Waals surface area contributed by atoms with E-state index in [4.69, 9.17) is 4.74 Å². The van der Waals surface area contributed by atoms with Crippen molar-refractivity contribution in [2.45, 2.75) is 40.5 Å². The van der Waals surface area contributed by atoms with Crippen LogP contribution >= 0.6 is 0 Å². The van der Waals surface area contributed by atoms with Crippen LogP contribution in [0.1, 0.15) is 45.4 Å². The molecular weight excluding hydrogens is 302 g/mol. The number of hydrogen-bond donors (Lipinski definition) is 1. The van der Waals surface area contributed by atoms with Crippen LogP contribution in [0, 0.1) is 5.92 Å². The molecule has 0 aliphatic carbocycles. The lowest BCUT2D eigenvalue weighted by molar-refractivity contribution is 0.414. The molecule has 1 N–H and O–H groups in total. The molecular formula is C19H27N3O2. The largest absolute Gasteiger partial charge is 0.497 e. The number of aromatic amines is 1. The molecule has 0 amide bonds. The second-order valence-corrected chi connectivity index (χ2v) is 6.37. The highest BCUT2D eigenvalue weighted by Crippen LogP contribution is 2.15. The average molecular weight is 329 g/mol. The zero-order valence-electron chi connectivity index (χ0n) is 15.2. The summed E-state index contributed by atoms with van der Waals surface area (Å²) in [4.78, 5) is 17.5. The molecule has 0 bridgehead atoms. The zero-order valence-corrected chi connectivity index (χ0v) is 15.2. The molecule has 5 heteroatoms. The van der Waals surface area contributed by atoms with Crippen molar-refractivity contribution in [1.82, 2.24) is 9.78 Å². The summed E-state index contributed by atoms with van der Waals surface area (Å²) in [5, 5.41) is 3.26. The normalized spacial score (nSPS) is 12.0. The van der Waals surface area contributed by atoms with Crippen molar-refractivity contribution in [3.8, 4) is 11.4 Å². The number of nitrogens with zero attached hydrogens (tertiary/aromatic N) is 2. The third-order valence-corrected chi connectivity index (χ3v) is 3.85. The summed E-state index contributed by atoms with van der Waals surface area (Å²) in [5.41, 5.74) is 3.20. The standard InChI is InChI=1S/C19H27N3O2/c1-6-7-17-18(14(4)20-12-13(2)3)19(23)22(21-17)15-8-10-16(24-5)11-9-15/h8-11,13,21H,6-7,12H2,1-5H3. The minimum Gasteiger partial charge on any atom is -0.497 e. The van der Waals surface area contributed by atoms with Crippen molar-refractivity contribution in [1.29, 1.82) is 0 Å². The Bertz CT molecular complexity index is 752. The topological polar surface area (TPSA) is 59.4 Å². The van der Waals surface area contributed by atoms with Crippen LogP contribution in [0.2, 0.25) is 0 Å². The van der Waals surface area contributed by atoms with E-state index >= 15 is 0 Å². The highest BCUT2D eigenvalue weighted by atomic mass is 16.5. The highest BCUT2D eigenvalue weighted by molar-refractivity contribution is 5.99. The van der Waals surface area contributed by atoms with Gasteiger partial charge in [0.2, 0.25) is 0 Å². The van der Waals surface area contributed by atoms with Crippen LogP contribution in [0.25, 0.3) is 5.69 Å². The van der Waals surface area contributed by atoms with Gasteiger partial charge in [-0.05, 0) is 43.5 Å². The van der Waals surface area contributed by atoms with Crippen LogP contribution in [0.5, 0.6) is 5.75 Å². The van der Waals surface area contributed by atoms with E-state index in [1.165, 1.54) is 0 Å². The molecule has 130 valence electrons. The molecule has 1 aromatic heterocycles. The highest BCUT2D eigenvalue weighted by Gasteiger charge is 2.17. The molecule has 0 aliphatic rings. The van der Waals surface area contributed by atoms with Crippen molar-refractivity contribution in [2.75, 3.05) is 13.7 Å². The van der Waals surface area contributed by atoms with Gasteiger partial charge in [0.05, 0.1) is 18.4 Å². The van der Waals surface area contributed by atoms with Crippen LogP contribution in [0.3, 0.4) is 0 Å². The summed E-state index contributed by atoms with van der Waals surface area (Å²) in [6, 6.07) is 7.44. The van der Waals surface area contributed by atoms with E-state index in [9.17, 15) is 4.79 Å². The van der Waals surface area contributed by atoms with E-state index in [0.717, 1.165) is 42.2 Å². The molecule has 0 unspecified atom stereocenters. The molecule has 0 atom stereocenters. The molecule has 5 nitrogen and oxygen atoms in total. The minimum atomic E-state index is -0.0476. The van der Waals surface area contributed by atoms with Gasteiger partial charge < -0.3 is 4.74 Å². The first kappa shape index (κ1) is 18.0. The molecule has 0 saturated heterocycles. The fraction of sp³-hybridized carbons (Fsp3) is 0.474. The number of nitrogens with one attached hydrogen (secondary N) is 1. The van der Waals surface area contributed by atoms with E-state index in [1.807, 2.05) is 31.2 Å². The first-order valence-electron chi connectivity index (χ1n) is 8.47. The summed E-state index contributed by atoms with van der Waals surface area (Å²) < 4.78 is 6.77. The number of rotatable bonds is 7. The second kappa shape index (κ2) is 7.99. The molecule has 0 fully saturated rings. The van der Waals surface area contributed by atoms with Crippen LogP contribution in [-0.2, 0) is 6.42 Å². The van der Waals surface area contributed by atoms with Gasteiger partial charge in [-0.25, -0.2) is 4.68 Å². The third kappa shape index (κ3) is 3.96. The van der Waals surface area contributed by atoms with Gasteiger partial charge in [0.15, 0.2) is 0 Å².